The van der Waals surface area contributed by atoms with Gasteiger partial charge in [0.25, 0.3) is 5.91 Å². The van der Waals surface area contributed by atoms with E-state index in [1.165, 1.54) is 0 Å². The molecular weight excluding hydrogens is 340 g/mol. The molecule has 0 unspecified atom stereocenters. The van der Waals surface area contributed by atoms with E-state index in [1.807, 2.05) is 49.4 Å². The molecule has 2 heterocycles. The number of anilines is 2. The Morgan fingerprint density at radius 3 is 2.78 bits per heavy atom. The zero-order valence-electron chi connectivity index (χ0n) is 15.2. The molecule has 6 heteroatoms. The number of imidazole rings is 1. The number of morpholine rings is 1. The first-order chi connectivity index (χ1) is 13.2. The van der Waals surface area contributed by atoms with Crippen molar-refractivity contribution in [3.8, 4) is 11.3 Å². The highest BCUT2D eigenvalue weighted by Crippen LogP contribution is 2.24. The second-order valence-corrected chi connectivity index (χ2v) is 6.60. The number of carbonyl (C=O) groups is 1. The number of benzene rings is 2. The molecule has 0 saturated carbocycles. The zero-order chi connectivity index (χ0) is 18.6. The van der Waals surface area contributed by atoms with Crippen molar-refractivity contribution in [2.75, 3.05) is 36.5 Å². The predicted octanol–water partition coefficient (Wildman–Crippen LogP) is 3.47. The van der Waals surface area contributed by atoms with Crippen molar-refractivity contribution in [2.24, 2.45) is 0 Å². The Hall–Kier alpha value is -3.12. The number of H-pyrrole nitrogens is 1. The van der Waals surface area contributed by atoms with Crippen molar-refractivity contribution in [2.45, 2.75) is 6.92 Å². The highest BCUT2D eigenvalue weighted by atomic mass is 16.5. The minimum absolute atomic E-state index is 0.117. The summed E-state index contributed by atoms with van der Waals surface area (Å²) in [6.45, 7) is 5.29. The number of hydrogen-bond acceptors (Lipinski definition) is 4. The lowest BCUT2D eigenvalue weighted by Gasteiger charge is -2.30. The van der Waals surface area contributed by atoms with E-state index in [2.05, 4.69) is 20.2 Å². The van der Waals surface area contributed by atoms with Crippen LogP contribution < -0.4 is 10.2 Å². The van der Waals surface area contributed by atoms with Gasteiger partial charge < -0.3 is 19.9 Å². The predicted molar refractivity (Wildman–Crippen MR) is 106 cm³/mol. The van der Waals surface area contributed by atoms with Gasteiger partial charge in [0.05, 0.1) is 31.4 Å². The molecule has 2 aromatic carbocycles. The Balaban J connectivity index is 1.50. The molecule has 4 rings (SSSR count). The summed E-state index contributed by atoms with van der Waals surface area (Å²) in [6.07, 6.45) is 3.40. The number of amides is 1. The van der Waals surface area contributed by atoms with E-state index in [1.54, 1.807) is 12.5 Å². The first kappa shape index (κ1) is 17.3. The molecule has 0 radical (unpaired) electrons. The van der Waals surface area contributed by atoms with Crippen LogP contribution in [-0.4, -0.2) is 42.2 Å². The molecule has 0 atom stereocenters. The molecule has 0 aliphatic carbocycles. The number of aromatic nitrogens is 2. The van der Waals surface area contributed by atoms with E-state index in [-0.39, 0.29) is 5.91 Å². The van der Waals surface area contributed by atoms with Gasteiger partial charge in [-0.05, 0) is 42.8 Å². The van der Waals surface area contributed by atoms with Crippen molar-refractivity contribution >= 4 is 17.3 Å². The van der Waals surface area contributed by atoms with Crippen LogP contribution in [0.4, 0.5) is 11.4 Å². The minimum Gasteiger partial charge on any atom is -0.378 e. The summed E-state index contributed by atoms with van der Waals surface area (Å²) in [4.78, 5) is 22.1. The van der Waals surface area contributed by atoms with Crippen LogP contribution >= 0.6 is 0 Å². The molecular formula is C21H22N4O2. The van der Waals surface area contributed by atoms with E-state index < -0.39 is 0 Å². The van der Waals surface area contributed by atoms with Gasteiger partial charge in [0.2, 0.25) is 0 Å². The van der Waals surface area contributed by atoms with Crippen LogP contribution in [0, 0.1) is 6.92 Å². The van der Waals surface area contributed by atoms with Crippen LogP contribution in [-0.2, 0) is 4.74 Å². The monoisotopic (exact) mass is 362 g/mol. The fraction of sp³-hybridized carbons (Fsp3) is 0.238. The molecule has 1 aliphatic heterocycles. The number of nitrogens with zero attached hydrogens (tertiary/aromatic N) is 2. The molecule has 1 aromatic heterocycles. The maximum Gasteiger partial charge on any atom is 0.255 e. The van der Waals surface area contributed by atoms with Crippen molar-refractivity contribution < 1.29 is 9.53 Å². The Morgan fingerprint density at radius 2 is 2.04 bits per heavy atom. The third-order valence-electron chi connectivity index (χ3n) is 4.74. The van der Waals surface area contributed by atoms with E-state index in [4.69, 9.17) is 4.74 Å². The smallest absolute Gasteiger partial charge is 0.255 e. The topological polar surface area (TPSA) is 70.2 Å². The number of aryl methyl sites for hydroxylation is 1. The normalized spacial score (nSPS) is 14.2. The van der Waals surface area contributed by atoms with Gasteiger partial charge in [-0.15, -0.1) is 0 Å². The molecule has 1 amide bonds. The van der Waals surface area contributed by atoms with Gasteiger partial charge in [-0.2, -0.15) is 0 Å². The summed E-state index contributed by atoms with van der Waals surface area (Å²) in [7, 11) is 0. The molecule has 1 fully saturated rings. The number of hydrogen-bond donors (Lipinski definition) is 2. The Kier molecular flexibility index (Phi) is 4.89. The second-order valence-electron chi connectivity index (χ2n) is 6.60. The largest absolute Gasteiger partial charge is 0.378 e. The molecule has 0 bridgehead atoms. The van der Waals surface area contributed by atoms with Crippen LogP contribution in [0.2, 0.25) is 0 Å². The minimum atomic E-state index is -0.117. The zero-order valence-corrected chi connectivity index (χ0v) is 15.2. The molecule has 0 spiro atoms. The van der Waals surface area contributed by atoms with E-state index in [0.29, 0.717) is 5.56 Å². The summed E-state index contributed by atoms with van der Waals surface area (Å²) < 4.78 is 5.41. The van der Waals surface area contributed by atoms with E-state index in [0.717, 1.165) is 54.5 Å². The SMILES string of the molecule is Cc1cc(C(=O)Nc2cccc(-c3cnc[nH]3)c2)ccc1N1CCOCC1. The quantitative estimate of drug-likeness (QED) is 0.746. The highest BCUT2D eigenvalue weighted by Gasteiger charge is 2.15. The van der Waals surface area contributed by atoms with E-state index in [9.17, 15) is 4.79 Å². The third-order valence-corrected chi connectivity index (χ3v) is 4.74. The van der Waals surface area contributed by atoms with Gasteiger partial charge in [-0.1, -0.05) is 12.1 Å². The lowest BCUT2D eigenvalue weighted by molar-refractivity contribution is 0.102. The van der Waals surface area contributed by atoms with Gasteiger partial charge in [0, 0.05) is 35.6 Å². The number of ether oxygens (including phenoxy) is 1. The molecule has 2 N–H and O–H groups in total. The fourth-order valence-electron chi connectivity index (χ4n) is 3.34. The van der Waals surface area contributed by atoms with Crippen LogP contribution in [0.3, 0.4) is 0 Å². The Labute approximate surface area is 158 Å². The molecule has 1 aliphatic rings. The van der Waals surface area contributed by atoms with Gasteiger partial charge >= 0.3 is 0 Å². The molecule has 3 aromatic rings. The van der Waals surface area contributed by atoms with Crippen LogP contribution in [0.15, 0.2) is 55.0 Å². The summed E-state index contributed by atoms with van der Waals surface area (Å²) in [5, 5.41) is 2.98. The average molecular weight is 362 g/mol. The van der Waals surface area contributed by atoms with Gasteiger partial charge in [-0.25, -0.2) is 4.98 Å². The molecule has 27 heavy (non-hydrogen) atoms. The van der Waals surface area contributed by atoms with Crippen LogP contribution in [0.25, 0.3) is 11.3 Å². The first-order valence-corrected chi connectivity index (χ1v) is 9.04. The van der Waals surface area contributed by atoms with Gasteiger partial charge in [-0.3, -0.25) is 4.79 Å². The molecule has 6 nitrogen and oxygen atoms in total. The summed E-state index contributed by atoms with van der Waals surface area (Å²) in [5.74, 6) is -0.117. The fourth-order valence-corrected chi connectivity index (χ4v) is 3.34. The maximum atomic E-state index is 12.7. The molecule has 138 valence electrons. The van der Waals surface area contributed by atoms with Gasteiger partial charge in [0.1, 0.15) is 0 Å². The highest BCUT2D eigenvalue weighted by molar-refractivity contribution is 6.04. The van der Waals surface area contributed by atoms with Crippen molar-refractivity contribution in [1.29, 1.82) is 0 Å². The van der Waals surface area contributed by atoms with Crippen molar-refractivity contribution in [3.05, 3.63) is 66.1 Å². The summed E-state index contributed by atoms with van der Waals surface area (Å²) in [5.41, 5.74) is 5.55. The van der Waals surface area contributed by atoms with Crippen molar-refractivity contribution in [1.82, 2.24) is 9.97 Å². The lowest BCUT2D eigenvalue weighted by atomic mass is 10.1. The average Bonchev–Trinajstić information content (AvgIpc) is 3.24. The number of rotatable bonds is 4. The van der Waals surface area contributed by atoms with Crippen LogP contribution in [0.1, 0.15) is 15.9 Å². The lowest BCUT2D eigenvalue weighted by Crippen LogP contribution is -2.36. The van der Waals surface area contributed by atoms with E-state index >= 15 is 0 Å². The number of carbonyl (C=O) groups excluding carboxylic acids is 1. The summed E-state index contributed by atoms with van der Waals surface area (Å²) >= 11 is 0. The molecule has 1 saturated heterocycles. The summed E-state index contributed by atoms with van der Waals surface area (Å²) in [6, 6.07) is 13.6. The van der Waals surface area contributed by atoms with Crippen LogP contribution in [0.5, 0.6) is 0 Å². The first-order valence-electron chi connectivity index (χ1n) is 9.04. The second kappa shape index (κ2) is 7.63. The number of nitrogens with one attached hydrogen (secondary N) is 2. The standard InChI is InChI=1S/C21H22N4O2/c1-15-11-17(5-6-20(15)25-7-9-27-10-8-25)21(26)24-18-4-2-3-16(12-18)19-13-22-14-23-19/h2-6,11-14H,7-10H2,1H3,(H,22,23)(H,24,26). The maximum absolute atomic E-state index is 12.7. The Morgan fingerprint density at radius 1 is 1.19 bits per heavy atom. The Bertz CT molecular complexity index is 931. The third kappa shape index (κ3) is 3.85. The number of aromatic amines is 1. The van der Waals surface area contributed by atoms with Gasteiger partial charge in [0.15, 0.2) is 0 Å². The van der Waals surface area contributed by atoms with Crippen molar-refractivity contribution in [3.63, 3.8) is 0 Å².